The number of benzene rings is 1. The van der Waals surface area contributed by atoms with Gasteiger partial charge in [0.1, 0.15) is 0 Å². The van der Waals surface area contributed by atoms with Crippen molar-refractivity contribution in [2.75, 3.05) is 13.1 Å². The first-order chi connectivity index (χ1) is 13.1. The Balaban J connectivity index is 1.53. The van der Waals surface area contributed by atoms with Gasteiger partial charge in [-0.3, -0.25) is 14.5 Å². The lowest BCUT2D eigenvalue weighted by molar-refractivity contribution is -0.145. The first-order valence-corrected chi connectivity index (χ1v) is 10.2. The van der Waals surface area contributed by atoms with Crippen molar-refractivity contribution in [3.63, 3.8) is 0 Å². The van der Waals surface area contributed by atoms with Crippen molar-refractivity contribution >= 4 is 21.8 Å². The van der Waals surface area contributed by atoms with E-state index in [0.29, 0.717) is 12.8 Å². The summed E-state index contributed by atoms with van der Waals surface area (Å²) in [6.07, 6.45) is -0.167. The fourth-order valence-corrected chi connectivity index (χ4v) is 5.75. The molecule has 2 aliphatic heterocycles. The van der Waals surface area contributed by atoms with Crippen molar-refractivity contribution < 1.29 is 31.2 Å². The molecule has 1 aromatic carbocycles. The lowest BCUT2D eigenvalue weighted by Crippen LogP contribution is -2.62. The fraction of sp³-hybridized carbons (Fsp3) is 0.444. The molecule has 2 fully saturated rings. The number of imide groups is 1. The van der Waals surface area contributed by atoms with Crippen LogP contribution in [0.25, 0.3) is 0 Å². The molecule has 2 unspecified atom stereocenters. The maximum atomic E-state index is 13.2. The molecule has 2 saturated heterocycles. The van der Waals surface area contributed by atoms with Gasteiger partial charge >= 0.3 is 6.18 Å². The summed E-state index contributed by atoms with van der Waals surface area (Å²) in [5, 5.41) is 0. The van der Waals surface area contributed by atoms with Crippen LogP contribution in [0, 0.1) is 11.8 Å². The van der Waals surface area contributed by atoms with E-state index in [4.69, 9.17) is 0 Å². The third kappa shape index (κ3) is 2.86. The van der Waals surface area contributed by atoms with Gasteiger partial charge in [0.15, 0.2) is 0 Å². The molecule has 0 saturated carbocycles. The van der Waals surface area contributed by atoms with Crippen LogP contribution >= 0.6 is 0 Å². The number of likely N-dealkylation sites (tertiary alicyclic amines) is 1. The number of carbonyl (C=O) groups is 2. The molecule has 0 bridgehead atoms. The molecule has 10 heteroatoms. The number of fused-ring (bicyclic) bond motifs is 1. The van der Waals surface area contributed by atoms with Crippen molar-refractivity contribution in [1.82, 2.24) is 9.21 Å². The summed E-state index contributed by atoms with van der Waals surface area (Å²) in [4.78, 5) is 25.4. The van der Waals surface area contributed by atoms with E-state index >= 15 is 0 Å². The number of allylic oxidation sites excluding steroid dienone is 2. The molecule has 0 spiro atoms. The zero-order valence-electron chi connectivity index (χ0n) is 14.6. The van der Waals surface area contributed by atoms with Crippen LogP contribution in [-0.4, -0.2) is 48.6 Å². The molecule has 1 aliphatic carbocycles. The third-order valence-corrected chi connectivity index (χ3v) is 7.44. The number of halogens is 3. The van der Waals surface area contributed by atoms with Gasteiger partial charge in [0, 0.05) is 13.1 Å². The minimum atomic E-state index is -4.81. The summed E-state index contributed by atoms with van der Waals surface area (Å²) in [6, 6.07) is 3.34. The lowest BCUT2D eigenvalue weighted by atomic mass is 9.85. The minimum Gasteiger partial charge on any atom is -0.276 e. The second-order valence-electron chi connectivity index (χ2n) is 7.17. The molecule has 2 atom stereocenters. The summed E-state index contributed by atoms with van der Waals surface area (Å²) in [5.74, 6) is -1.49. The largest absolute Gasteiger partial charge is 0.417 e. The number of alkyl halides is 3. The Hall–Kier alpha value is -2.20. The van der Waals surface area contributed by atoms with E-state index in [-0.39, 0.29) is 24.9 Å². The van der Waals surface area contributed by atoms with E-state index in [0.717, 1.165) is 27.4 Å². The first-order valence-electron chi connectivity index (χ1n) is 8.80. The molecule has 6 nitrogen and oxygen atoms in total. The van der Waals surface area contributed by atoms with Crippen LogP contribution in [0.2, 0.25) is 0 Å². The topological polar surface area (TPSA) is 74.8 Å². The highest BCUT2D eigenvalue weighted by Crippen LogP contribution is 2.40. The number of amides is 2. The van der Waals surface area contributed by atoms with E-state index in [1.54, 1.807) is 0 Å². The highest BCUT2D eigenvalue weighted by molar-refractivity contribution is 7.89. The summed E-state index contributed by atoms with van der Waals surface area (Å²) in [6.45, 7) is -0.391. The molecule has 0 N–H and O–H groups in total. The van der Waals surface area contributed by atoms with Gasteiger partial charge in [-0.1, -0.05) is 24.3 Å². The van der Waals surface area contributed by atoms with E-state index in [9.17, 15) is 31.2 Å². The standard InChI is InChI=1S/C18H17F3N2O4S/c19-18(20,21)14-7-3-4-8-15(14)28(26,27)22-9-11(10-22)23-16(24)12-5-1-2-6-13(12)17(23)25/h1-4,7-8,11-13H,5-6,9-10H2. The van der Waals surface area contributed by atoms with Gasteiger partial charge in [-0.15, -0.1) is 0 Å². The summed E-state index contributed by atoms with van der Waals surface area (Å²) in [5.41, 5.74) is -1.23. The second kappa shape index (κ2) is 6.41. The van der Waals surface area contributed by atoms with Crippen LogP contribution in [0.5, 0.6) is 0 Å². The van der Waals surface area contributed by atoms with Gasteiger partial charge in [0.05, 0.1) is 28.3 Å². The molecular formula is C18H17F3N2O4S. The van der Waals surface area contributed by atoms with Gasteiger partial charge in [0.2, 0.25) is 21.8 Å². The minimum absolute atomic E-state index is 0.196. The maximum Gasteiger partial charge on any atom is 0.417 e. The maximum absolute atomic E-state index is 13.2. The average molecular weight is 414 g/mol. The number of rotatable bonds is 3. The number of hydrogen-bond acceptors (Lipinski definition) is 4. The summed E-state index contributed by atoms with van der Waals surface area (Å²) < 4.78 is 65.8. The van der Waals surface area contributed by atoms with Gasteiger partial charge in [-0.05, 0) is 25.0 Å². The van der Waals surface area contributed by atoms with Crippen molar-refractivity contribution in [3.05, 3.63) is 42.0 Å². The predicted octanol–water partition coefficient (Wildman–Crippen LogP) is 2.03. The average Bonchev–Trinajstić information content (AvgIpc) is 2.85. The van der Waals surface area contributed by atoms with Crippen molar-refractivity contribution in [2.45, 2.75) is 30.0 Å². The fourth-order valence-electron chi connectivity index (χ4n) is 4.03. The molecule has 150 valence electrons. The van der Waals surface area contributed by atoms with Gasteiger partial charge in [0.25, 0.3) is 0 Å². The summed E-state index contributed by atoms with van der Waals surface area (Å²) >= 11 is 0. The van der Waals surface area contributed by atoms with Crippen molar-refractivity contribution in [1.29, 1.82) is 0 Å². The Labute approximate surface area is 159 Å². The molecule has 0 radical (unpaired) electrons. The number of nitrogens with zero attached hydrogens (tertiary/aromatic N) is 2. The lowest BCUT2D eigenvalue weighted by Gasteiger charge is -2.42. The number of carbonyl (C=O) groups excluding carboxylic acids is 2. The van der Waals surface area contributed by atoms with Crippen LogP contribution in [-0.2, 0) is 25.8 Å². The Kier molecular flexibility index (Phi) is 4.38. The van der Waals surface area contributed by atoms with Crippen LogP contribution in [0.3, 0.4) is 0 Å². The normalized spacial score (nSPS) is 26.5. The molecule has 4 rings (SSSR count). The number of hydrogen-bond donors (Lipinski definition) is 0. The molecule has 2 heterocycles. The predicted molar refractivity (Wildman–Crippen MR) is 91.2 cm³/mol. The molecule has 2 amide bonds. The Morgan fingerprint density at radius 1 is 0.929 bits per heavy atom. The number of sulfonamides is 1. The first kappa shape index (κ1) is 19.1. The molecule has 28 heavy (non-hydrogen) atoms. The van der Waals surface area contributed by atoms with Crippen LogP contribution < -0.4 is 0 Å². The van der Waals surface area contributed by atoms with Crippen LogP contribution in [0.1, 0.15) is 18.4 Å². The van der Waals surface area contributed by atoms with Crippen LogP contribution in [0.4, 0.5) is 13.2 Å². The molecule has 3 aliphatic rings. The second-order valence-corrected chi connectivity index (χ2v) is 9.08. The van der Waals surface area contributed by atoms with Gasteiger partial charge in [-0.25, -0.2) is 8.42 Å². The zero-order valence-corrected chi connectivity index (χ0v) is 15.4. The quantitative estimate of drug-likeness (QED) is 0.560. The Bertz CT molecular complexity index is 941. The Morgan fingerprint density at radius 3 is 2.00 bits per heavy atom. The van der Waals surface area contributed by atoms with Crippen LogP contribution in [0.15, 0.2) is 41.3 Å². The van der Waals surface area contributed by atoms with Crippen molar-refractivity contribution in [2.24, 2.45) is 11.8 Å². The van der Waals surface area contributed by atoms with Gasteiger partial charge in [-0.2, -0.15) is 17.5 Å². The Morgan fingerprint density at radius 2 is 1.46 bits per heavy atom. The SMILES string of the molecule is O=C1C2CC=CCC2C(=O)N1C1CN(S(=O)(=O)c2ccccc2C(F)(F)F)C1. The van der Waals surface area contributed by atoms with E-state index < -0.39 is 44.5 Å². The third-order valence-electron chi connectivity index (χ3n) is 5.55. The molecular weight excluding hydrogens is 397 g/mol. The molecule has 0 aromatic heterocycles. The zero-order chi connectivity index (χ0) is 20.3. The highest BCUT2D eigenvalue weighted by Gasteiger charge is 2.53. The van der Waals surface area contributed by atoms with E-state index in [1.807, 2.05) is 12.2 Å². The van der Waals surface area contributed by atoms with E-state index in [1.165, 1.54) is 6.07 Å². The van der Waals surface area contributed by atoms with Crippen molar-refractivity contribution in [3.8, 4) is 0 Å². The molecule has 1 aromatic rings. The monoisotopic (exact) mass is 414 g/mol. The smallest absolute Gasteiger partial charge is 0.276 e. The van der Waals surface area contributed by atoms with E-state index in [2.05, 4.69) is 0 Å². The highest BCUT2D eigenvalue weighted by atomic mass is 32.2. The van der Waals surface area contributed by atoms with Gasteiger partial charge < -0.3 is 0 Å². The summed E-state index contributed by atoms with van der Waals surface area (Å²) in [7, 11) is -4.39.